The molecule has 4 heterocycles. The highest BCUT2D eigenvalue weighted by molar-refractivity contribution is 6.54. The molecule has 588 valence electrons. The molecular weight excluding hydrogens is 1460 g/mol. The molecule has 1 unspecified atom stereocenters. The highest BCUT2D eigenvalue weighted by Crippen LogP contribution is 2.44. The number of benzene rings is 12. The molecule has 8 aliphatic carbocycles. The predicted molar refractivity (Wildman–Crippen MR) is 477 cm³/mol. The first kappa shape index (κ1) is 77.0. The Morgan fingerprint density at radius 2 is 0.576 bits per heavy atom. The molecule has 12 aromatic carbocycles. The number of hydrogen-bond acceptors (Lipinski definition) is 11. The normalized spacial score (nSPS) is 13.9. The fourth-order valence-electron chi connectivity index (χ4n) is 17.0. The third kappa shape index (κ3) is 16.3. The smallest absolute Gasteiger partial charge is 0.166 e. The third-order valence-corrected chi connectivity index (χ3v) is 23.1. The molecule has 0 saturated heterocycles. The van der Waals surface area contributed by atoms with Gasteiger partial charge in [0.1, 0.15) is 29.0 Å². The molecule has 0 fully saturated rings. The average molecular weight is 1550 g/mol. The molecular formula is C104H96N8O6. The summed E-state index contributed by atoms with van der Waals surface area (Å²) in [5, 5.41) is 0. The van der Waals surface area contributed by atoms with Crippen molar-refractivity contribution in [2.45, 2.75) is 97.1 Å². The van der Waals surface area contributed by atoms with E-state index in [-0.39, 0.29) is 6.17 Å². The number of imidazole rings is 3. The molecule has 24 rings (SSSR count). The minimum atomic E-state index is -0.386. The van der Waals surface area contributed by atoms with Crippen molar-refractivity contribution < 1.29 is 28.4 Å². The topological polar surface area (TPSA) is 166 Å². The van der Waals surface area contributed by atoms with Gasteiger partial charge >= 0.3 is 0 Å². The Hall–Kier alpha value is -13.6. The van der Waals surface area contributed by atoms with Crippen LogP contribution in [-0.4, -0.2) is 84.0 Å². The molecule has 0 radical (unpaired) electrons. The zero-order valence-electron chi connectivity index (χ0n) is 68.2. The van der Waals surface area contributed by atoms with Gasteiger partial charge in [0.2, 0.25) is 0 Å². The summed E-state index contributed by atoms with van der Waals surface area (Å²) < 4.78 is 33.9. The van der Waals surface area contributed by atoms with E-state index in [9.17, 15) is 0 Å². The van der Waals surface area contributed by atoms with Crippen LogP contribution in [0, 0.1) is 13.8 Å². The zero-order chi connectivity index (χ0) is 80.6. The van der Waals surface area contributed by atoms with Crippen LogP contribution >= 0.6 is 0 Å². The number of ether oxygens (including phenoxy) is 6. The lowest BCUT2D eigenvalue weighted by Crippen LogP contribution is -2.14. The second-order valence-corrected chi connectivity index (χ2v) is 30.7. The summed E-state index contributed by atoms with van der Waals surface area (Å²) in [5.41, 5.74) is 33.0. The first-order valence-electron chi connectivity index (χ1n) is 40.9. The zero-order valence-corrected chi connectivity index (χ0v) is 68.2. The standard InChI is InChI=1S/2C52H48N4O3/c2*1-33-29-40(25-27-44(33)57-2)49-50(41-26-28-45(58-3)46(32-41)59-4)56-52(55-49)43-31-35-14-11-13-34-21-23-36(19-12-20-37(43)24-22-35)42(30-34)51-53-47(38-15-7-5-8-16-38)48(54-51)39-17-9-6-10-18-39/h5-10,15-18,21-32H,11-14,19-20H2,1-4H3,(H,53,54)(H,55,56);5-10,15-18,21-32,52H,11-14,19-20H2,1-4H3,(H,53,54). The number of aromatic nitrogens is 6. The maximum Gasteiger partial charge on any atom is 0.166 e. The van der Waals surface area contributed by atoms with Crippen molar-refractivity contribution in [1.29, 1.82) is 0 Å². The number of nitrogens with zero attached hydrogens (tertiary/aromatic N) is 5. The largest absolute Gasteiger partial charge is 0.496 e. The van der Waals surface area contributed by atoms with Gasteiger partial charge in [-0.05, 0) is 238 Å². The minimum absolute atomic E-state index is 0.386. The van der Waals surface area contributed by atoms with Crippen LogP contribution in [0.4, 0.5) is 0 Å². The Bertz CT molecular complexity index is 6090. The maximum atomic E-state index is 5.74. The second kappa shape index (κ2) is 34.8. The molecule has 3 N–H and O–H groups in total. The fraction of sp³-hybridized carbons (Fsp3) is 0.202. The molecule has 14 heteroatoms. The van der Waals surface area contributed by atoms with E-state index in [1.165, 1.54) is 55.6 Å². The summed E-state index contributed by atoms with van der Waals surface area (Å²) in [6.07, 6.45) is 11.0. The molecule has 1 atom stereocenters. The Labute approximate surface area is 690 Å². The average Bonchev–Trinajstić information content (AvgIpc) is 1.63. The number of methoxy groups -OCH3 is 6. The van der Waals surface area contributed by atoms with E-state index in [0.717, 1.165) is 218 Å². The minimum Gasteiger partial charge on any atom is -0.496 e. The first-order valence-corrected chi connectivity index (χ1v) is 40.9. The van der Waals surface area contributed by atoms with Gasteiger partial charge in [-0.2, -0.15) is 0 Å². The SMILES string of the molecule is COc1ccc(-c2nc(-c3cc4ccc3CCCc3ccc(cc3-c3nc(-c5ccccc5)c(-c5ccccc5)[nH]3)CCC4)[nH]c2-c2ccc(OC)c(OC)c2)cc1C.COc1ccc(C2=NC(c3cc4ccc3CCCc3ccc(cc3-c3nc(-c5ccccc5)c(-c5ccccc5)[nH]3)CCC4)N=C2c2ccc(OC)c(OC)c2)cc1C. The molecule has 0 spiro atoms. The number of hydrogen-bond donors (Lipinski definition) is 3. The van der Waals surface area contributed by atoms with Gasteiger partial charge in [0.05, 0.1) is 88.2 Å². The van der Waals surface area contributed by atoms with Gasteiger partial charge in [0, 0.05) is 66.8 Å². The Morgan fingerprint density at radius 3 is 0.983 bits per heavy atom. The fourth-order valence-corrected chi connectivity index (χ4v) is 17.0. The van der Waals surface area contributed by atoms with Gasteiger partial charge < -0.3 is 43.4 Å². The van der Waals surface area contributed by atoms with E-state index in [1.54, 1.807) is 42.7 Å². The highest BCUT2D eigenvalue weighted by atomic mass is 16.5. The van der Waals surface area contributed by atoms with Crippen LogP contribution in [0.3, 0.4) is 0 Å². The summed E-state index contributed by atoms with van der Waals surface area (Å²) >= 11 is 0. The quantitative estimate of drug-likeness (QED) is 0.0758. The van der Waals surface area contributed by atoms with Crippen molar-refractivity contribution in [2.75, 3.05) is 42.7 Å². The number of aliphatic imine (C=N–C) groups is 2. The number of aryl methyl sites for hydroxylation is 10. The lowest BCUT2D eigenvalue weighted by atomic mass is 9.91. The highest BCUT2D eigenvalue weighted by Gasteiger charge is 2.30. The van der Waals surface area contributed by atoms with Crippen LogP contribution in [0.25, 0.3) is 102 Å². The molecule has 1 aliphatic heterocycles. The maximum absolute atomic E-state index is 5.74. The Kier molecular flexibility index (Phi) is 22.7. The van der Waals surface area contributed by atoms with Gasteiger partial charge in [-0.25, -0.2) is 15.0 Å². The molecule has 3 aromatic heterocycles. The van der Waals surface area contributed by atoms with E-state index in [1.807, 2.05) is 42.5 Å². The number of rotatable bonds is 18. The molecule has 14 nitrogen and oxygen atoms in total. The summed E-state index contributed by atoms with van der Waals surface area (Å²) in [6, 6.07) is 94.5. The van der Waals surface area contributed by atoms with Gasteiger partial charge in [0.25, 0.3) is 0 Å². The van der Waals surface area contributed by atoms with Crippen LogP contribution in [-0.2, 0) is 51.4 Å². The summed E-state index contributed by atoms with van der Waals surface area (Å²) in [4.78, 5) is 38.3. The molecule has 15 aromatic rings. The second-order valence-electron chi connectivity index (χ2n) is 30.7. The van der Waals surface area contributed by atoms with Crippen molar-refractivity contribution in [3.8, 4) is 136 Å². The number of H-pyrrole nitrogens is 3. The van der Waals surface area contributed by atoms with E-state index in [4.69, 9.17) is 53.4 Å². The summed E-state index contributed by atoms with van der Waals surface area (Å²) in [5.74, 6) is 7.03. The van der Waals surface area contributed by atoms with E-state index in [0.29, 0.717) is 23.0 Å². The first-order chi connectivity index (χ1) is 58.0. The predicted octanol–water partition coefficient (Wildman–Crippen LogP) is 23.5. The number of nitrogens with one attached hydrogen (secondary N) is 3. The molecule has 8 bridgehead atoms. The number of aromatic amines is 3. The molecule has 9 aliphatic rings. The van der Waals surface area contributed by atoms with Gasteiger partial charge in [-0.15, -0.1) is 0 Å². The van der Waals surface area contributed by atoms with Gasteiger partial charge in [-0.3, -0.25) is 9.98 Å². The van der Waals surface area contributed by atoms with Crippen LogP contribution in [0.15, 0.2) is 277 Å². The van der Waals surface area contributed by atoms with E-state index < -0.39 is 0 Å². The van der Waals surface area contributed by atoms with Crippen LogP contribution < -0.4 is 28.4 Å². The lowest BCUT2D eigenvalue weighted by Gasteiger charge is -2.17. The molecule has 0 saturated carbocycles. The van der Waals surface area contributed by atoms with Crippen LogP contribution in [0.5, 0.6) is 34.5 Å². The van der Waals surface area contributed by atoms with Crippen LogP contribution in [0.2, 0.25) is 0 Å². The van der Waals surface area contributed by atoms with Crippen molar-refractivity contribution in [3.63, 3.8) is 0 Å². The van der Waals surface area contributed by atoms with E-state index >= 15 is 0 Å². The van der Waals surface area contributed by atoms with Crippen molar-refractivity contribution in [3.05, 3.63) is 339 Å². The van der Waals surface area contributed by atoms with Crippen molar-refractivity contribution in [2.24, 2.45) is 9.98 Å². The molecule has 118 heavy (non-hydrogen) atoms. The van der Waals surface area contributed by atoms with Crippen molar-refractivity contribution >= 4 is 11.4 Å². The monoisotopic (exact) mass is 1550 g/mol. The van der Waals surface area contributed by atoms with Gasteiger partial charge in [-0.1, -0.05) is 176 Å². The summed E-state index contributed by atoms with van der Waals surface area (Å²) in [7, 11) is 10.0. The third-order valence-electron chi connectivity index (χ3n) is 23.1. The summed E-state index contributed by atoms with van der Waals surface area (Å²) in [6.45, 7) is 4.13. The van der Waals surface area contributed by atoms with Gasteiger partial charge in [0.15, 0.2) is 29.2 Å². The van der Waals surface area contributed by atoms with E-state index in [2.05, 4.69) is 253 Å². The Morgan fingerprint density at radius 1 is 0.263 bits per heavy atom. The van der Waals surface area contributed by atoms with Crippen molar-refractivity contribution in [1.82, 2.24) is 29.9 Å². The Balaban J connectivity index is 0.000000169. The van der Waals surface area contributed by atoms with Crippen LogP contribution in [0.1, 0.15) is 104 Å². The lowest BCUT2D eigenvalue weighted by molar-refractivity contribution is 0.355. The molecule has 0 amide bonds.